The fourth-order valence-electron chi connectivity index (χ4n) is 4.18. The van der Waals surface area contributed by atoms with Crippen LogP contribution in [-0.4, -0.2) is 60.3 Å². The molecule has 2 saturated heterocycles. The van der Waals surface area contributed by atoms with E-state index in [1.807, 2.05) is 0 Å². The van der Waals surface area contributed by atoms with Gasteiger partial charge in [0.15, 0.2) is 0 Å². The van der Waals surface area contributed by atoms with E-state index in [0.717, 1.165) is 62.0 Å². The lowest BCUT2D eigenvalue weighted by Crippen LogP contribution is -2.44. The molecule has 0 bridgehead atoms. The van der Waals surface area contributed by atoms with E-state index >= 15 is 0 Å². The van der Waals surface area contributed by atoms with Crippen molar-refractivity contribution >= 4 is 5.82 Å². The second-order valence-electron chi connectivity index (χ2n) is 8.32. The average Bonchev–Trinajstić information content (AvgIpc) is 3.10. The van der Waals surface area contributed by atoms with Crippen molar-refractivity contribution in [1.82, 2.24) is 14.9 Å². The van der Waals surface area contributed by atoms with Crippen LogP contribution in [0.25, 0.3) is 0 Å². The Morgan fingerprint density at radius 3 is 2.62 bits per heavy atom. The first kappa shape index (κ1) is 19.6. The highest BCUT2D eigenvalue weighted by Gasteiger charge is 2.31. The number of piperidine rings is 1. The molecule has 0 aliphatic carbocycles. The lowest BCUT2D eigenvalue weighted by molar-refractivity contribution is 0.0974. The summed E-state index contributed by atoms with van der Waals surface area (Å²) < 4.78 is 5.77. The molecule has 0 N–H and O–H groups in total. The van der Waals surface area contributed by atoms with E-state index < -0.39 is 0 Å². The first-order chi connectivity index (χ1) is 12.6. The maximum absolute atomic E-state index is 5.77. The van der Waals surface area contributed by atoms with Crippen molar-refractivity contribution < 1.29 is 4.74 Å². The molecule has 0 amide bonds. The molecule has 146 valence electrons. The van der Waals surface area contributed by atoms with Gasteiger partial charge in [-0.25, -0.2) is 9.97 Å². The van der Waals surface area contributed by atoms with Crippen LogP contribution in [0.2, 0.25) is 0 Å². The van der Waals surface area contributed by atoms with E-state index in [1.54, 1.807) is 0 Å². The zero-order valence-corrected chi connectivity index (χ0v) is 17.1. The standard InChI is InChI=1S/C21H36N4O/c1-5-12-26-15-18-6-9-25(14-18)19-7-10-24(11-8-19)20-13-17(4)22-21(23-20)16(2)3/h13,16,18-19H,5-12,14-15H2,1-4H3. The van der Waals surface area contributed by atoms with E-state index in [2.05, 4.69) is 48.5 Å². The largest absolute Gasteiger partial charge is 0.381 e. The number of anilines is 1. The number of hydrogen-bond donors (Lipinski definition) is 0. The number of aromatic nitrogens is 2. The van der Waals surface area contributed by atoms with Crippen LogP contribution in [0.1, 0.15) is 63.9 Å². The van der Waals surface area contributed by atoms with Crippen molar-refractivity contribution in [2.24, 2.45) is 5.92 Å². The van der Waals surface area contributed by atoms with Gasteiger partial charge in [0.05, 0.1) is 6.61 Å². The maximum atomic E-state index is 5.77. The van der Waals surface area contributed by atoms with E-state index in [-0.39, 0.29) is 0 Å². The second kappa shape index (κ2) is 9.14. The quantitative estimate of drug-likeness (QED) is 0.695. The van der Waals surface area contributed by atoms with Gasteiger partial charge in [-0.2, -0.15) is 0 Å². The molecule has 5 heteroatoms. The summed E-state index contributed by atoms with van der Waals surface area (Å²) in [7, 11) is 0. The molecule has 1 aromatic rings. The summed E-state index contributed by atoms with van der Waals surface area (Å²) in [5, 5.41) is 0. The molecule has 5 nitrogen and oxygen atoms in total. The first-order valence-corrected chi connectivity index (χ1v) is 10.5. The third kappa shape index (κ3) is 4.95. The Labute approximate surface area is 159 Å². The van der Waals surface area contributed by atoms with Crippen LogP contribution in [0.15, 0.2) is 6.07 Å². The highest BCUT2D eigenvalue weighted by atomic mass is 16.5. The molecule has 3 heterocycles. The van der Waals surface area contributed by atoms with Crippen LogP contribution in [0.4, 0.5) is 5.82 Å². The maximum Gasteiger partial charge on any atom is 0.133 e. The Morgan fingerprint density at radius 2 is 1.92 bits per heavy atom. The third-order valence-corrected chi connectivity index (χ3v) is 5.70. The normalized spacial score (nSPS) is 22.5. The minimum absolute atomic E-state index is 0.377. The molecule has 2 aliphatic heterocycles. The molecular weight excluding hydrogens is 324 g/mol. The van der Waals surface area contributed by atoms with Gasteiger partial charge in [-0.3, -0.25) is 4.90 Å². The smallest absolute Gasteiger partial charge is 0.133 e. The summed E-state index contributed by atoms with van der Waals surface area (Å²) in [5.74, 6) is 3.20. The Balaban J connectivity index is 1.50. The molecule has 1 atom stereocenters. The predicted molar refractivity (Wildman–Crippen MR) is 107 cm³/mol. The summed E-state index contributed by atoms with van der Waals surface area (Å²) >= 11 is 0. The second-order valence-corrected chi connectivity index (χ2v) is 8.32. The van der Waals surface area contributed by atoms with Crippen LogP contribution in [0, 0.1) is 12.8 Å². The zero-order chi connectivity index (χ0) is 18.5. The number of aryl methyl sites for hydroxylation is 1. The number of nitrogens with zero attached hydrogens (tertiary/aromatic N) is 4. The Bertz CT molecular complexity index is 569. The average molecular weight is 361 g/mol. The van der Waals surface area contributed by atoms with Gasteiger partial charge >= 0.3 is 0 Å². The zero-order valence-electron chi connectivity index (χ0n) is 17.1. The molecule has 0 radical (unpaired) electrons. The van der Waals surface area contributed by atoms with Gasteiger partial charge in [0.2, 0.25) is 0 Å². The van der Waals surface area contributed by atoms with Crippen molar-refractivity contribution in [3.05, 3.63) is 17.6 Å². The van der Waals surface area contributed by atoms with Crippen molar-refractivity contribution in [1.29, 1.82) is 0 Å². The van der Waals surface area contributed by atoms with Gasteiger partial charge in [0.1, 0.15) is 11.6 Å². The summed E-state index contributed by atoms with van der Waals surface area (Å²) in [6.45, 7) is 15.1. The molecule has 0 aromatic carbocycles. The first-order valence-electron chi connectivity index (χ1n) is 10.5. The van der Waals surface area contributed by atoms with Gasteiger partial charge < -0.3 is 9.64 Å². The third-order valence-electron chi connectivity index (χ3n) is 5.70. The minimum atomic E-state index is 0.377. The topological polar surface area (TPSA) is 41.5 Å². The number of ether oxygens (including phenoxy) is 1. The van der Waals surface area contributed by atoms with E-state index in [0.29, 0.717) is 5.92 Å². The highest BCUT2D eigenvalue weighted by Crippen LogP contribution is 2.27. The molecule has 2 aliphatic rings. The van der Waals surface area contributed by atoms with Crippen LogP contribution in [-0.2, 0) is 4.74 Å². The van der Waals surface area contributed by atoms with Gasteiger partial charge in [0, 0.05) is 50.0 Å². The molecule has 1 aromatic heterocycles. The van der Waals surface area contributed by atoms with E-state index in [1.165, 1.54) is 32.4 Å². The monoisotopic (exact) mass is 360 g/mol. The lowest BCUT2D eigenvalue weighted by Gasteiger charge is -2.37. The van der Waals surface area contributed by atoms with Crippen molar-refractivity contribution in [2.75, 3.05) is 44.3 Å². The number of rotatable bonds is 7. The summed E-state index contributed by atoms with van der Waals surface area (Å²) in [6, 6.07) is 2.87. The highest BCUT2D eigenvalue weighted by molar-refractivity contribution is 5.40. The molecular formula is C21H36N4O. The Hall–Kier alpha value is -1.20. The Morgan fingerprint density at radius 1 is 1.15 bits per heavy atom. The molecule has 3 rings (SSSR count). The summed E-state index contributed by atoms with van der Waals surface area (Å²) in [6.07, 6.45) is 4.90. The summed E-state index contributed by atoms with van der Waals surface area (Å²) in [5.41, 5.74) is 1.08. The molecule has 1 unspecified atom stereocenters. The molecule has 2 fully saturated rings. The van der Waals surface area contributed by atoms with Gasteiger partial charge in [-0.1, -0.05) is 20.8 Å². The molecule has 0 saturated carbocycles. The molecule has 0 spiro atoms. The van der Waals surface area contributed by atoms with Crippen LogP contribution >= 0.6 is 0 Å². The minimum Gasteiger partial charge on any atom is -0.381 e. The van der Waals surface area contributed by atoms with Gasteiger partial charge in [-0.05, 0) is 45.1 Å². The van der Waals surface area contributed by atoms with Crippen molar-refractivity contribution in [3.8, 4) is 0 Å². The number of likely N-dealkylation sites (tertiary alicyclic amines) is 1. The van der Waals surface area contributed by atoms with Crippen LogP contribution in [0.5, 0.6) is 0 Å². The van der Waals surface area contributed by atoms with E-state index in [9.17, 15) is 0 Å². The van der Waals surface area contributed by atoms with Crippen LogP contribution < -0.4 is 4.90 Å². The van der Waals surface area contributed by atoms with Gasteiger partial charge in [0.25, 0.3) is 0 Å². The summed E-state index contributed by atoms with van der Waals surface area (Å²) in [4.78, 5) is 14.6. The Kier molecular flexibility index (Phi) is 6.87. The van der Waals surface area contributed by atoms with Gasteiger partial charge in [-0.15, -0.1) is 0 Å². The fourth-order valence-corrected chi connectivity index (χ4v) is 4.18. The SMILES string of the molecule is CCCOCC1CCN(C2CCN(c3cc(C)nc(C(C)C)n3)CC2)C1. The molecule has 26 heavy (non-hydrogen) atoms. The van der Waals surface area contributed by atoms with Crippen LogP contribution in [0.3, 0.4) is 0 Å². The van der Waals surface area contributed by atoms with E-state index in [4.69, 9.17) is 9.72 Å². The van der Waals surface area contributed by atoms with Crippen molar-refractivity contribution in [2.45, 2.75) is 65.3 Å². The fraction of sp³-hybridized carbons (Fsp3) is 0.810. The lowest BCUT2D eigenvalue weighted by atomic mass is 10.0. The van der Waals surface area contributed by atoms with Crippen molar-refractivity contribution in [3.63, 3.8) is 0 Å². The predicted octanol–water partition coefficient (Wildman–Crippen LogP) is 3.63. The number of hydrogen-bond acceptors (Lipinski definition) is 5.